The van der Waals surface area contributed by atoms with Gasteiger partial charge in [-0.3, -0.25) is 0 Å². The summed E-state index contributed by atoms with van der Waals surface area (Å²) >= 11 is 7.23. The van der Waals surface area contributed by atoms with Crippen LogP contribution >= 0.6 is 23.5 Å². The van der Waals surface area contributed by atoms with Crippen LogP contribution in [-0.4, -0.2) is 23.7 Å². The summed E-state index contributed by atoms with van der Waals surface area (Å²) in [6, 6.07) is 0. The summed E-state index contributed by atoms with van der Waals surface area (Å²) in [6.07, 6.45) is 6.81. The quantitative estimate of drug-likeness (QED) is 0.363. The van der Waals surface area contributed by atoms with E-state index in [1.807, 2.05) is 46.1 Å². The van der Waals surface area contributed by atoms with Crippen molar-refractivity contribution in [3.8, 4) is 0 Å². The Labute approximate surface area is 132 Å². The fraction of sp³-hybridized carbons (Fsp3) is 0.571. The van der Waals surface area contributed by atoms with Crippen molar-refractivity contribution in [3.05, 3.63) is 22.1 Å². The van der Waals surface area contributed by atoms with Crippen LogP contribution in [0.15, 0.2) is 31.6 Å². The van der Waals surface area contributed by atoms with E-state index in [4.69, 9.17) is 17.3 Å². The summed E-state index contributed by atoms with van der Waals surface area (Å²) < 4.78 is 4.24. The van der Waals surface area contributed by atoms with E-state index in [2.05, 4.69) is 16.4 Å². The minimum absolute atomic E-state index is 0.409. The molecule has 1 unspecified atom stereocenters. The first-order valence-electron chi connectivity index (χ1n) is 6.89. The van der Waals surface area contributed by atoms with Crippen LogP contribution in [-0.2, 0) is 0 Å². The maximum atomic E-state index is 5.97. The van der Waals surface area contributed by atoms with E-state index in [9.17, 15) is 0 Å². The van der Waals surface area contributed by atoms with Gasteiger partial charge in [-0.1, -0.05) is 38.4 Å². The minimum atomic E-state index is 0.409. The summed E-state index contributed by atoms with van der Waals surface area (Å²) in [5.74, 6) is 0.871. The Morgan fingerprint density at radius 1 is 1.60 bits per heavy atom. The van der Waals surface area contributed by atoms with Crippen molar-refractivity contribution in [2.45, 2.75) is 41.0 Å². The molecule has 20 heavy (non-hydrogen) atoms. The van der Waals surface area contributed by atoms with Crippen molar-refractivity contribution in [1.29, 1.82) is 0 Å². The second-order valence-corrected chi connectivity index (χ2v) is 5.33. The lowest BCUT2D eigenvalue weighted by Crippen LogP contribution is -2.32. The van der Waals surface area contributed by atoms with E-state index in [1.54, 1.807) is 5.01 Å². The standard InChI is InChI=1S/C12H19ClN4S.C2H6/c1-4-6-11(9(3)13)18-16-12(14)17-8-10(5-2)7-15-17;1-2/h4,6-7,10H,5,8H2,1-3H3,(H2,14,16);1-2H3/b6-4-,11-9-;. The molecule has 1 rings (SSSR count). The van der Waals surface area contributed by atoms with E-state index >= 15 is 0 Å². The van der Waals surface area contributed by atoms with Crippen LogP contribution in [0.2, 0.25) is 0 Å². The molecule has 1 atom stereocenters. The molecule has 0 saturated carbocycles. The molecule has 0 fully saturated rings. The number of hydrogen-bond donors (Lipinski definition) is 1. The molecule has 1 aliphatic heterocycles. The summed E-state index contributed by atoms with van der Waals surface area (Å²) in [5, 5.41) is 6.65. The van der Waals surface area contributed by atoms with Crippen molar-refractivity contribution in [2.75, 3.05) is 6.54 Å². The number of nitrogens with two attached hydrogens (primary N) is 1. The van der Waals surface area contributed by atoms with Gasteiger partial charge in [-0.25, -0.2) is 5.01 Å². The highest BCUT2D eigenvalue weighted by Crippen LogP contribution is 2.25. The van der Waals surface area contributed by atoms with Gasteiger partial charge in [-0.2, -0.15) is 9.50 Å². The van der Waals surface area contributed by atoms with Crippen LogP contribution in [0.1, 0.15) is 41.0 Å². The molecule has 0 saturated heterocycles. The topological polar surface area (TPSA) is 54.0 Å². The van der Waals surface area contributed by atoms with Crippen LogP contribution in [0.25, 0.3) is 0 Å². The number of rotatable bonds is 4. The van der Waals surface area contributed by atoms with Crippen molar-refractivity contribution in [2.24, 2.45) is 21.2 Å². The highest BCUT2D eigenvalue weighted by Gasteiger charge is 2.18. The predicted molar refractivity (Wildman–Crippen MR) is 92.9 cm³/mol. The molecule has 0 aromatic carbocycles. The zero-order chi connectivity index (χ0) is 15.5. The van der Waals surface area contributed by atoms with Gasteiger partial charge in [0.05, 0.1) is 6.54 Å². The molecular formula is C14H25ClN4S. The van der Waals surface area contributed by atoms with Crippen LogP contribution in [0.4, 0.5) is 0 Å². The molecule has 0 spiro atoms. The maximum Gasteiger partial charge on any atom is 0.224 e. The van der Waals surface area contributed by atoms with Gasteiger partial charge in [0.1, 0.15) is 0 Å². The third kappa shape index (κ3) is 6.48. The zero-order valence-corrected chi connectivity index (χ0v) is 14.5. The van der Waals surface area contributed by atoms with E-state index in [1.165, 1.54) is 11.9 Å². The van der Waals surface area contributed by atoms with Gasteiger partial charge in [-0.15, -0.1) is 0 Å². The SMILES string of the molecule is C/C=C\C(S/N=C(\N)N1CC(CC)C=N1)=C(/C)Cl.CC. The lowest BCUT2D eigenvalue weighted by atomic mass is 10.1. The highest BCUT2D eigenvalue weighted by molar-refractivity contribution is 8.02. The monoisotopic (exact) mass is 316 g/mol. The second kappa shape index (κ2) is 10.8. The number of nitrogens with zero attached hydrogens (tertiary/aromatic N) is 3. The van der Waals surface area contributed by atoms with Crippen molar-refractivity contribution in [1.82, 2.24) is 5.01 Å². The molecule has 6 heteroatoms. The molecule has 1 aliphatic rings. The maximum absolute atomic E-state index is 5.97. The molecule has 0 bridgehead atoms. The molecule has 0 aromatic heterocycles. The first-order valence-corrected chi connectivity index (χ1v) is 8.04. The molecule has 114 valence electrons. The fourth-order valence-corrected chi connectivity index (χ4v) is 2.16. The van der Waals surface area contributed by atoms with Crippen molar-refractivity contribution in [3.63, 3.8) is 0 Å². The molecule has 2 N–H and O–H groups in total. The Bertz CT molecular complexity index is 398. The Kier molecular flexibility index (Phi) is 10.3. The summed E-state index contributed by atoms with van der Waals surface area (Å²) in [6.45, 7) is 10.7. The lowest BCUT2D eigenvalue weighted by Gasteiger charge is -2.13. The molecule has 4 nitrogen and oxygen atoms in total. The average Bonchev–Trinajstić information content (AvgIpc) is 2.94. The summed E-state index contributed by atoms with van der Waals surface area (Å²) in [4.78, 5) is 0.886. The zero-order valence-electron chi connectivity index (χ0n) is 12.9. The smallest absolute Gasteiger partial charge is 0.224 e. The number of hydrogen-bond acceptors (Lipinski definition) is 3. The third-order valence-corrected chi connectivity index (χ3v) is 3.74. The van der Waals surface area contributed by atoms with Gasteiger partial charge in [0.25, 0.3) is 0 Å². The number of hydrazone groups is 1. The van der Waals surface area contributed by atoms with Crippen LogP contribution in [0.3, 0.4) is 0 Å². The minimum Gasteiger partial charge on any atom is -0.368 e. The number of guanidine groups is 1. The number of halogens is 1. The van der Waals surface area contributed by atoms with Crippen LogP contribution < -0.4 is 5.73 Å². The number of allylic oxidation sites excluding steroid dienone is 3. The highest BCUT2D eigenvalue weighted by atomic mass is 35.5. The normalized spacial score (nSPS) is 20.0. The Hall–Kier alpha value is -0.940. The Morgan fingerprint density at radius 2 is 2.25 bits per heavy atom. The van der Waals surface area contributed by atoms with Gasteiger partial charge in [0.15, 0.2) is 0 Å². The van der Waals surface area contributed by atoms with Crippen LogP contribution in [0.5, 0.6) is 0 Å². The molecule has 0 amide bonds. The lowest BCUT2D eigenvalue weighted by molar-refractivity contribution is 0.437. The molecular weight excluding hydrogens is 292 g/mol. The van der Waals surface area contributed by atoms with Crippen molar-refractivity contribution >= 4 is 35.7 Å². The summed E-state index contributed by atoms with van der Waals surface area (Å²) in [5.41, 5.74) is 5.89. The van der Waals surface area contributed by atoms with Crippen molar-refractivity contribution < 1.29 is 0 Å². The molecule has 0 radical (unpaired) electrons. The fourth-order valence-electron chi connectivity index (χ4n) is 1.38. The largest absolute Gasteiger partial charge is 0.368 e. The summed E-state index contributed by atoms with van der Waals surface area (Å²) in [7, 11) is 0. The Balaban J connectivity index is 0.00000172. The van der Waals surface area contributed by atoms with Gasteiger partial charge in [-0.05, 0) is 26.3 Å². The van der Waals surface area contributed by atoms with E-state index in [0.717, 1.165) is 17.9 Å². The van der Waals surface area contributed by atoms with Gasteiger partial charge >= 0.3 is 0 Å². The third-order valence-electron chi connectivity index (χ3n) is 2.51. The first-order chi connectivity index (χ1) is 9.58. The van der Waals surface area contributed by atoms with Crippen LogP contribution in [0, 0.1) is 5.92 Å². The van der Waals surface area contributed by atoms with E-state index < -0.39 is 0 Å². The molecule has 1 heterocycles. The predicted octanol–water partition coefficient (Wildman–Crippen LogP) is 4.35. The Morgan fingerprint density at radius 3 is 2.70 bits per heavy atom. The average molecular weight is 317 g/mol. The molecule has 0 aromatic rings. The van der Waals surface area contributed by atoms with E-state index in [-0.39, 0.29) is 0 Å². The molecule has 0 aliphatic carbocycles. The second-order valence-electron chi connectivity index (χ2n) is 3.95. The van der Waals surface area contributed by atoms with E-state index in [0.29, 0.717) is 16.9 Å². The van der Waals surface area contributed by atoms with Gasteiger partial charge in [0, 0.05) is 34.0 Å². The first kappa shape index (κ1) is 19.1. The van der Waals surface area contributed by atoms with Gasteiger partial charge in [0.2, 0.25) is 5.96 Å². The van der Waals surface area contributed by atoms with Gasteiger partial charge < -0.3 is 5.73 Å².